The second-order valence-corrected chi connectivity index (χ2v) is 3.90. The summed E-state index contributed by atoms with van der Waals surface area (Å²) in [7, 11) is 0. The van der Waals surface area contributed by atoms with Gasteiger partial charge in [0.25, 0.3) is 0 Å². The average molecular weight is 234 g/mol. The van der Waals surface area contributed by atoms with Gasteiger partial charge in [-0.05, 0) is 36.7 Å². The first-order chi connectivity index (χ1) is 6.72. The number of nitrogens with one attached hydrogen (secondary N) is 1. The molecule has 78 valence electrons. The Morgan fingerprint density at radius 1 is 1.14 bits per heavy atom. The molecule has 0 aliphatic rings. The molecule has 4 heteroatoms. The van der Waals surface area contributed by atoms with Crippen molar-refractivity contribution in [3.05, 3.63) is 33.8 Å². The van der Waals surface area contributed by atoms with Crippen LogP contribution in [0.25, 0.3) is 0 Å². The number of rotatable bonds is 5. The van der Waals surface area contributed by atoms with Gasteiger partial charge in [0.15, 0.2) is 0 Å². The maximum absolute atomic E-state index is 8.57. The molecular formula is C10H13Cl2NO. The van der Waals surface area contributed by atoms with Crippen LogP contribution in [0.5, 0.6) is 0 Å². The summed E-state index contributed by atoms with van der Waals surface area (Å²) in [5.41, 5.74) is 1.06. The van der Waals surface area contributed by atoms with Crippen molar-refractivity contribution in [2.45, 2.75) is 13.0 Å². The van der Waals surface area contributed by atoms with Crippen LogP contribution in [0.15, 0.2) is 18.2 Å². The summed E-state index contributed by atoms with van der Waals surface area (Å²) in [6.45, 7) is 1.73. The summed E-state index contributed by atoms with van der Waals surface area (Å²) < 4.78 is 0. The first-order valence-corrected chi connectivity index (χ1v) is 5.24. The van der Waals surface area contributed by atoms with Crippen LogP contribution in [0.1, 0.15) is 12.0 Å². The zero-order chi connectivity index (χ0) is 10.4. The number of hydrogen-bond acceptors (Lipinski definition) is 2. The Balaban J connectivity index is 2.42. The lowest BCUT2D eigenvalue weighted by Crippen LogP contribution is -2.15. The third-order valence-corrected chi connectivity index (χ3v) is 2.20. The number of benzene rings is 1. The van der Waals surface area contributed by atoms with E-state index in [0.29, 0.717) is 10.0 Å². The maximum Gasteiger partial charge on any atom is 0.0443 e. The van der Waals surface area contributed by atoms with Gasteiger partial charge >= 0.3 is 0 Å². The van der Waals surface area contributed by atoms with E-state index >= 15 is 0 Å². The molecule has 14 heavy (non-hydrogen) atoms. The SMILES string of the molecule is OCCCNCc1cc(Cl)cc(Cl)c1. The van der Waals surface area contributed by atoms with E-state index in [2.05, 4.69) is 5.32 Å². The quantitative estimate of drug-likeness (QED) is 0.767. The fraction of sp³-hybridized carbons (Fsp3) is 0.400. The van der Waals surface area contributed by atoms with Gasteiger partial charge in [0.2, 0.25) is 0 Å². The van der Waals surface area contributed by atoms with Crippen molar-refractivity contribution in [2.24, 2.45) is 0 Å². The van der Waals surface area contributed by atoms with Crippen molar-refractivity contribution in [1.82, 2.24) is 5.32 Å². The highest BCUT2D eigenvalue weighted by Crippen LogP contribution is 2.18. The lowest BCUT2D eigenvalue weighted by atomic mass is 10.2. The van der Waals surface area contributed by atoms with Gasteiger partial charge in [-0.3, -0.25) is 0 Å². The predicted octanol–water partition coefficient (Wildman–Crippen LogP) is 2.47. The molecule has 0 amide bonds. The van der Waals surface area contributed by atoms with Crippen LogP contribution >= 0.6 is 23.2 Å². The fourth-order valence-electron chi connectivity index (χ4n) is 1.15. The van der Waals surface area contributed by atoms with Gasteiger partial charge in [0.05, 0.1) is 0 Å². The number of halogens is 2. The fourth-order valence-corrected chi connectivity index (χ4v) is 1.72. The standard InChI is InChI=1S/C10H13Cl2NO/c11-9-4-8(5-10(12)6-9)7-13-2-1-3-14/h4-6,13-14H,1-3,7H2. The molecule has 0 aliphatic carbocycles. The highest BCUT2D eigenvalue weighted by atomic mass is 35.5. The number of aliphatic hydroxyl groups is 1. The third kappa shape index (κ3) is 4.29. The molecule has 0 atom stereocenters. The van der Waals surface area contributed by atoms with E-state index in [4.69, 9.17) is 28.3 Å². The maximum atomic E-state index is 8.57. The van der Waals surface area contributed by atoms with Gasteiger partial charge in [0, 0.05) is 23.2 Å². The topological polar surface area (TPSA) is 32.3 Å². The molecule has 0 saturated carbocycles. The molecule has 0 aromatic heterocycles. The molecule has 0 radical (unpaired) electrons. The summed E-state index contributed by atoms with van der Waals surface area (Å²) in [4.78, 5) is 0. The van der Waals surface area contributed by atoms with E-state index in [1.165, 1.54) is 0 Å². The molecule has 0 saturated heterocycles. The van der Waals surface area contributed by atoms with Crippen LogP contribution in [0.2, 0.25) is 10.0 Å². The normalized spacial score (nSPS) is 10.5. The smallest absolute Gasteiger partial charge is 0.0443 e. The minimum Gasteiger partial charge on any atom is -0.396 e. The molecule has 0 heterocycles. The molecule has 0 bridgehead atoms. The van der Waals surface area contributed by atoms with E-state index in [-0.39, 0.29) is 6.61 Å². The molecule has 2 N–H and O–H groups in total. The van der Waals surface area contributed by atoms with Crippen LogP contribution < -0.4 is 5.32 Å². The Labute approximate surface area is 93.8 Å². The van der Waals surface area contributed by atoms with E-state index in [1.54, 1.807) is 6.07 Å². The number of hydrogen-bond donors (Lipinski definition) is 2. The van der Waals surface area contributed by atoms with Gasteiger partial charge in [-0.15, -0.1) is 0 Å². The van der Waals surface area contributed by atoms with Gasteiger partial charge in [-0.1, -0.05) is 23.2 Å². The molecule has 0 spiro atoms. The first-order valence-electron chi connectivity index (χ1n) is 4.49. The lowest BCUT2D eigenvalue weighted by Gasteiger charge is -2.04. The van der Waals surface area contributed by atoms with Crippen molar-refractivity contribution in [3.8, 4) is 0 Å². The first kappa shape index (κ1) is 11.8. The van der Waals surface area contributed by atoms with Gasteiger partial charge < -0.3 is 10.4 Å². The average Bonchev–Trinajstić information content (AvgIpc) is 2.11. The van der Waals surface area contributed by atoms with Gasteiger partial charge in [-0.25, -0.2) is 0 Å². The largest absolute Gasteiger partial charge is 0.396 e. The Bertz CT molecular complexity index is 271. The van der Waals surface area contributed by atoms with E-state index < -0.39 is 0 Å². The van der Waals surface area contributed by atoms with Crippen molar-refractivity contribution in [2.75, 3.05) is 13.2 Å². The Hall–Kier alpha value is -0.280. The summed E-state index contributed by atoms with van der Waals surface area (Å²) in [6.07, 6.45) is 0.758. The van der Waals surface area contributed by atoms with Crippen LogP contribution in [-0.4, -0.2) is 18.3 Å². The van der Waals surface area contributed by atoms with Gasteiger partial charge in [0.1, 0.15) is 0 Å². The Morgan fingerprint density at radius 2 is 1.79 bits per heavy atom. The minimum absolute atomic E-state index is 0.212. The van der Waals surface area contributed by atoms with E-state index in [0.717, 1.165) is 25.1 Å². The third-order valence-electron chi connectivity index (χ3n) is 1.76. The lowest BCUT2D eigenvalue weighted by molar-refractivity contribution is 0.286. The highest BCUT2D eigenvalue weighted by Gasteiger charge is 1.97. The Kier molecular flexibility index (Phi) is 5.26. The van der Waals surface area contributed by atoms with E-state index in [9.17, 15) is 0 Å². The second-order valence-electron chi connectivity index (χ2n) is 3.03. The van der Waals surface area contributed by atoms with Crippen molar-refractivity contribution < 1.29 is 5.11 Å². The van der Waals surface area contributed by atoms with Crippen molar-refractivity contribution in [1.29, 1.82) is 0 Å². The van der Waals surface area contributed by atoms with Crippen LogP contribution in [0.3, 0.4) is 0 Å². The summed E-state index contributed by atoms with van der Waals surface area (Å²) in [5.74, 6) is 0. The second kappa shape index (κ2) is 6.25. The zero-order valence-electron chi connectivity index (χ0n) is 7.76. The number of aliphatic hydroxyl groups excluding tert-OH is 1. The Morgan fingerprint density at radius 3 is 2.36 bits per heavy atom. The molecule has 1 rings (SSSR count). The summed E-state index contributed by atoms with van der Waals surface area (Å²) in [6, 6.07) is 5.46. The monoisotopic (exact) mass is 233 g/mol. The highest BCUT2D eigenvalue weighted by molar-refractivity contribution is 6.34. The summed E-state index contributed by atoms with van der Waals surface area (Å²) in [5, 5.41) is 13.0. The zero-order valence-corrected chi connectivity index (χ0v) is 9.28. The summed E-state index contributed by atoms with van der Waals surface area (Å²) >= 11 is 11.7. The van der Waals surface area contributed by atoms with Gasteiger partial charge in [-0.2, -0.15) is 0 Å². The van der Waals surface area contributed by atoms with E-state index in [1.807, 2.05) is 12.1 Å². The molecule has 2 nitrogen and oxygen atoms in total. The van der Waals surface area contributed by atoms with Crippen LogP contribution in [0, 0.1) is 0 Å². The van der Waals surface area contributed by atoms with Crippen molar-refractivity contribution >= 4 is 23.2 Å². The van der Waals surface area contributed by atoms with Crippen LogP contribution in [0.4, 0.5) is 0 Å². The minimum atomic E-state index is 0.212. The predicted molar refractivity (Wildman–Crippen MR) is 59.9 cm³/mol. The molecule has 0 aliphatic heterocycles. The molecule has 1 aromatic rings. The molecule has 0 fully saturated rings. The molecular weight excluding hydrogens is 221 g/mol. The van der Waals surface area contributed by atoms with Crippen molar-refractivity contribution in [3.63, 3.8) is 0 Å². The molecule has 1 aromatic carbocycles. The van der Waals surface area contributed by atoms with Crippen LogP contribution in [-0.2, 0) is 6.54 Å². The molecule has 0 unspecified atom stereocenters.